The maximum absolute atomic E-state index is 12.1. The van der Waals surface area contributed by atoms with Crippen LogP contribution in [0.1, 0.15) is 38.3 Å². The number of rotatable bonds is 7. The van der Waals surface area contributed by atoms with Crippen LogP contribution in [0.4, 0.5) is 0 Å². The molecule has 116 valence electrons. The molecule has 1 aliphatic rings. The van der Waals surface area contributed by atoms with E-state index in [1.54, 1.807) is 11.3 Å². The predicted molar refractivity (Wildman–Crippen MR) is 84.2 cm³/mol. The van der Waals surface area contributed by atoms with Gasteiger partial charge in [0.05, 0.1) is 6.04 Å². The summed E-state index contributed by atoms with van der Waals surface area (Å²) in [4.78, 5) is 25.6. The molecule has 1 aromatic rings. The van der Waals surface area contributed by atoms with E-state index in [2.05, 4.69) is 46.2 Å². The third kappa shape index (κ3) is 4.04. The Labute approximate surface area is 129 Å². The Morgan fingerprint density at radius 2 is 2.29 bits per heavy atom. The van der Waals surface area contributed by atoms with Crippen LogP contribution in [0.25, 0.3) is 0 Å². The zero-order chi connectivity index (χ0) is 15.2. The lowest BCUT2D eigenvalue weighted by molar-refractivity contribution is -0.125. The maximum atomic E-state index is 12.1. The van der Waals surface area contributed by atoms with Crippen molar-refractivity contribution in [1.82, 2.24) is 15.5 Å². The van der Waals surface area contributed by atoms with Gasteiger partial charge in [0.15, 0.2) is 0 Å². The molecule has 0 saturated carbocycles. The summed E-state index contributed by atoms with van der Waals surface area (Å²) in [5.74, 6) is -0.110. The number of hydrogen-bond donors (Lipinski definition) is 2. The van der Waals surface area contributed by atoms with E-state index in [1.165, 1.54) is 5.56 Å². The molecule has 0 spiro atoms. The Morgan fingerprint density at radius 1 is 1.52 bits per heavy atom. The fourth-order valence-electron chi connectivity index (χ4n) is 2.72. The van der Waals surface area contributed by atoms with Gasteiger partial charge in [0.25, 0.3) is 0 Å². The van der Waals surface area contributed by atoms with Crippen molar-refractivity contribution in [2.75, 3.05) is 19.6 Å². The van der Waals surface area contributed by atoms with Crippen LogP contribution in [0.5, 0.6) is 0 Å². The van der Waals surface area contributed by atoms with Gasteiger partial charge in [0.2, 0.25) is 11.8 Å². The molecule has 0 radical (unpaired) electrons. The lowest BCUT2D eigenvalue weighted by Crippen LogP contribution is -2.45. The highest BCUT2D eigenvalue weighted by atomic mass is 32.1. The minimum Gasteiger partial charge on any atom is -0.352 e. The van der Waals surface area contributed by atoms with E-state index in [9.17, 15) is 9.59 Å². The summed E-state index contributed by atoms with van der Waals surface area (Å²) in [6, 6.07) is 1.93. The number of nitrogens with one attached hydrogen (secondary N) is 2. The van der Waals surface area contributed by atoms with E-state index in [4.69, 9.17) is 0 Å². The fourth-order valence-corrected chi connectivity index (χ4v) is 3.43. The van der Waals surface area contributed by atoms with Crippen molar-refractivity contribution in [1.29, 1.82) is 0 Å². The largest absolute Gasteiger partial charge is 0.352 e. The first-order valence-corrected chi connectivity index (χ1v) is 8.43. The summed E-state index contributed by atoms with van der Waals surface area (Å²) >= 11 is 1.67. The summed E-state index contributed by atoms with van der Waals surface area (Å²) in [7, 11) is 0. The quantitative estimate of drug-likeness (QED) is 0.803. The standard InChI is InChI=1S/C15H23N3O2S/c1-3-18(4-2)13(11-7-8-21-10-11)9-16-15(20)12-5-6-14(19)17-12/h7-8,10,12-13H,3-6,9H2,1-2H3,(H,16,20)(H,17,19)/t12-,13+/m1/s1. The number of carbonyl (C=O) groups excluding carboxylic acids is 2. The Kier molecular flexibility index (Phi) is 5.76. The lowest BCUT2D eigenvalue weighted by atomic mass is 10.1. The van der Waals surface area contributed by atoms with Crippen molar-refractivity contribution >= 4 is 23.2 Å². The molecular formula is C15H23N3O2S. The van der Waals surface area contributed by atoms with Gasteiger partial charge >= 0.3 is 0 Å². The monoisotopic (exact) mass is 309 g/mol. The Bertz CT molecular complexity index is 471. The Balaban J connectivity index is 1.96. The second-order valence-corrected chi connectivity index (χ2v) is 5.98. The molecule has 6 heteroatoms. The molecule has 0 bridgehead atoms. The predicted octanol–water partition coefficient (Wildman–Crippen LogP) is 1.53. The van der Waals surface area contributed by atoms with Crippen molar-refractivity contribution in [2.45, 2.75) is 38.8 Å². The molecule has 2 heterocycles. The molecule has 0 unspecified atom stereocenters. The van der Waals surface area contributed by atoms with Gasteiger partial charge in [0.1, 0.15) is 6.04 Å². The maximum Gasteiger partial charge on any atom is 0.242 e. The lowest BCUT2D eigenvalue weighted by Gasteiger charge is -2.29. The summed E-state index contributed by atoms with van der Waals surface area (Å²) in [5.41, 5.74) is 1.24. The highest BCUT2D eigenvalue weighted by Crippen LogP contribution is 2.22. The van der Waals surface area contributed by atoms with E-state index in [0.717, 1.165) is 13.1 Å². The first-order valence-electron chi connectivity index (χ1n) is 7.48. The van der Waals surface area contributed by atoms with Gasteiger partial charge in [-0.1, -0.05) is 13.8 Å². The number of nitrogens with zero attached hydrogens (tertiary/aromatic N) is 1. The van der Waals surface area contributed by atoms with E-state index < -0.39 is 0 Å². The summed E-state index contributed by atoms with van der Waals surface area (Å²) < 4.78 is 0. The second kappa shape index (κ2) is 7.56. The average Bonchev–Trinajstić information content (AvgIpc) is 3.14. The molecule has 21 heavy (non-hydrogen) atoms. The van der Waals surface area contributed by atoms with Gasteiger partial charge in [-0.25, -0.2) is 0 Å². The van der Waals surface area contributed by atoms with Crippen molar-refractivity contribution in [3.8, 4) is 0 Å². The number of hydrogen-bond acceptors (Lipinski definition) is 4. The van der Waals surface area contributed by atoms with Gasteiger partial charge in [-0.05, 0) is 41.9 Å². The highest BCUT2D eigenvalue weighted by Gasteiger charge is 2.28. The third-order valence-corrected chi connectivity index (χ3v) is 4.66. The molecule has 0 aliphatic carbocycles. The van der Waals surface area contributed by atoms with E-state index in [1.807, 2.05) is 0 Å². The van der Waals surface area contributed by atoms with Crippen LogP contribution in [0.3, 0.4) is 0 Å². The van der Waals surface area contributed by atoms with Crippen LogP contribution in [0.15, 0.2) is 16.8 Å². The number of thiophene rings is 1. The second-order valence-electron chi connectivity index (χ2n) is 5.20. The molecule has 2 atom stereocenters. The van der Waals surface area contributed by atoms with Crippen LogP contribution in [-0.2, 0) is 9.59 Å². The zero-order valence-electron chi connectivity index (χ0n) is 12.6. The minimum absolute atomic E-state index is 0.0340. The smallest absolute Gasteiger partial charge is 0.242 e. The van der Waals surface area contributed by atoms with Crippen molar-refractivity contribution in [2.24, 2.45) is 0 Å². The molecule has 2 rings (SSSR count). The number of amides is 2. The SMILES string of the molecule is CCN(CC)[C@@H](CNC(=O)[C@H]1CCC(=O)N1)c1ccsc1. The van der Waals surface area contributed by atoms with Gasteiger partial charge in [-0.3, -0.25) is 14.5 Å². The summed E-state index contributed by atoms with van der Waals surface area (Å²) in [6.07, 6.45) is 1.04. The minimum atomic E-state index is -0.364. The average molecular weight is 309 g/mol. The van der Waals surface area contributed by atoms with Crippen molar-refractivity contribution in [3.05, 3.63) is 22.4 Å². The van der Waals surface area contributed by atoms with Crippen LogP contribution >= 0.6 is 11.3 Å². The van der Waals surface area contributed by atoms with Crippen LogP contribution < -0.4 is 10.6 Å². The Hall–Kier alpha value is -1.40. The molecule has 2 N–H and O–H groups in total. The number of carbonyl (C=O) groups is 2. The summed E-state index contributed by atoms with van der Waals surface area (Å²) in [6.45, 7) is 6.70. The molecule has 2 amide bonds. The molecule has 5 nitrogen and oxygen atoms in total. The highest BCUT2D eigenvalue weighted by molar-refractivity contribution is 7.07. The van der Waals surface area contributed by atoms with Crippen molar-refractivity contribution < 1.29 is 9.59 Å². The van der Waals surface area contributed by atoms with Crippen LogP contribution in [0.2, 0.25) is 0 Å². The van der Waals surface area contributed by atoms with E-state index in [0.29, 0.717) is 19.4 Å². The molecule has 1 saturated heterocycles. The topological polar surface area (TPSA) is 61.4 Å². The molecule has 1 aliphatic heterocycles. The van der Waals surface area contributed by atoms with Gasteiger partial charge in [-0.15, -0.1) is 0 Å². The Morgan fingerprint density at radius 3 is 2.81 bits per heavy atom. The van der Waals surface area contributed by atoms with Gasteiger partial charge < -0.3 is 10.6 Å². The number of likely N-dealkylation sites (N-methyl/N-ethyl adjacent to an activating group) is 1. The normalized spacial score (nSPS) is 19.6. The first kappa shape index (κ1) is 16.0. The van der Waals surface area contributed by atoms with Crippen LogP contribution in [-0.4, -0.2) is 42.4 Å². The molecule has 1 fully saturated rings. The molecular weight excluding hydrogens is 286 g/mol. The fraction of sp³-hybridized carbons (Fsp3) is 0.600. The van der Waals surface area contributed by atoms with Crippen molar-refractivity contribution in [3.63, 3.8) is 0 Å². The molecule has 1 aromatic heterocycles. The summed E-state index contributed by atoms with van der Waals surface area (Å²) in [5, 5.41) is 9.89. The first-order chi connectivity index (χ1) is 10.2. The zero-order valence-corrected chi connectivity index (χ0v) is 13.4. The molecule has 0 aromatic carbocycles. The van der Waals surface area contributed by atoms with Gasteiger partial charge in [-0.2, -0.15) is 11.3 Å². The van der Waals surface area contributed by atoms with E-state index in [-0.39, 0.29) is 23.9 Å². The third-order valence-electron chi connectivity index (χ3n) is 3.96. The van der Waals surface area contributed by atoms with Crippen LogP contribution in [0, 0.1) is 0 Å². The van der Waals surface area contributed by atoms with Gasteiger partial charge in [0, 0.05) is 13.0 Å². The van der Waals surface area contributed by atoms with E-state index >= 15 is 0 Å².